The highest BCUT2D eigenvalue weighted by Gasteiger charge is 2.37. The van der Waals surface area contributed by atoms with Crippen LogP contribution in [0.5, 0.6) is 0 Å². The molecule has 112 valence electrons. The molecule has 1 aromatic rings. The van der Waals surface area contributed by atoms with Crippen molar-refractivity contribution in [3.8, 4) is 0 Å². The van der Waals surface area contributed by atoms with E-state index in [2.05, 4.69) is 15.9 Å². The molecule has 2 rings (SSSR count). The van der Waals surface area contributed by atoms with Gasteiger partial charge in [-0.2, -0.15) is 16.1 Å². The molecule has 20 heavy (non-hydrogen) atoms. The van der Waals surface area contributed by atoms with Gasteiger partial charge in [-0.05, 0) is 28.9 Å². The maximum Gasteiger partial charge on any atom is 0.247 e. The Morgan fingerprint density at radius 3 is 2.60 bits per heavy atom. The quantitative estimate of drug-likeness (QED) is 0.783. The molecule has 1 aliphatic heterocycles. The zero-order valence-corrected chi connectivity index (χ0v) is 14.2. The van der Waals surface area contributed by atoms with Crippen LogP contribution >= 0.6 is 27.7 Å². The highest BCUT2D eigenvalue weighted by Crippen LogP contribution is 2.33. The van der Waals surface area contributed by atoms with E-state index in [0.717, 1.165) is 6.07 Å². The van der Waals surface area contributed by atoms with Crippen LogP contribution in [0.4, 0.5) is 8.78 Å². The van der Waals surface area contributed by atoms with Gasteiger partial charge in [0.25, 0.3) is 0 Å². The molecule has 1 aliphatic rings. The predicted molar refractivity (Wildman–Crippen MR) is 79.3 cm³/mol. The number of hydrogen-bond donors (Lipinski definition) is 0. The number of benzene rings is 1. The van der Waals surface area contributed by atoms with E-state index in [-0.39, 0.29) is 15.8 Å². The number of rotatable bonds is 2. The first-order valence-electron chi connectivity index (χ1n) is 6.03. The topological polar surface area (TPSA) is 37.4 Å². The first-order chi connectivity index (χ1) is 9.25. The van der Waals surface area contributed by atoms with E-state index < -0.39 is 26.6 Å². The minimum atomic E-state index is -3.99. The lowest BCUT2D eigenvalue weighted by Gasteiger charge is -2.36. The van der Waals surface area contributed by atoms with Crippen molar-refractivity contribution in [1.82, 2.24) is 4.31 Å². The van der Waals surface area contributed by atoms with E-state index >= 15 is 0 Å². The molecule has 0 aromatic heterocycles. The summed E-state index contributed by atoms with van der Waals surface area (Å²) in [4.78, 5) is -0.496. The summed E-state index contributed by atoms with van der Waals surface area (Å²) in [5.41, 5.74) is 0. The summed E-state index contributed by atoms with van der Waals surface area (Å²) in [6, 6.07) is 1.31. The molecule has 0 N–H and O–H groups in total. The molecule has 2 unspecified atom stereocenters. The van der Waals surface area contributed by atoms with Gasteiger partial charge in [0.2, 0.25) is 10.0 Å². The molecule has 1 saturated heterocycles. The Kier molecular flexibility index (Phi) is 4.78. The smallest absolute Gasteiger partial charge is 0.207 e. The molecule has 0 saturated carbocycles. The summed E-state index contributed by atoms with van der Waals surface area (Å²) >= 11 is 4.62. The lowest BCUT2D eigenvalue weighted by atomic mass is 10.2. The second-order valence-corrected chi connectivity index (χ2v) is 8.80. The van der Waals surface area contributed by atoms with E-state index in [9.17, 15) is 17.2 Å². The van der Waals surface area contributed by atoms with E-state index in [1.165, 1.54) is 4.31 Å². The molecule has 3 nitrogen and oxygen atoms in total. The molecule has 0 bridgehead atoms. The number of hydrogen-bond acceptors (Lipinski definition) is 3. The lowest BCUT2D eigenvalue weighted by molar-refractivity contribution is 0.338. The maximum atomic E-state index is 13.9. The Morgan fingerprint density at radius 1 is 1.35 bits per heavy atom. The summed E-state index contributed by atoms with van der Waals surface area (Å²) in [5.74, 6) is -1.23. The summed E-state index contributed by atoms with van der Waals surface area (Å²) in [6.07, 6.45) is 0. The largest absolute Gasteiger partial charge is 0.247 e. The molecule has 8 heteroatoms. The van der Waals surface area contributed by atoms with Crippen molar-refractivity contribution in [2.24, 2.45) is 0 Å². The predicted octanol–water partition coefficient (Wildman–Crippen LogP) is 3.24. The average molecular weight is 386 g/mol. The van der Waals surface area contributed by atoms with E-state index in [1.54, 1.807) is 18.7 Å². The fraction of sp³-hybridized carbons (Fsp3) is 0.500. The number of sulfonamides is 1. The zero-order chi connectivity index (χ0) is 15.1. The van der Waals surface area contributed by atoms with Gasteiger partial charge in [0.05, 0.1) is 0 Å². The van der Waals surface area contributed by atoms with E-state index in [4.69, 9.17) is 0 Å². The van der Waals surface area contributed by atoms with Gasteiger partial charge >= 0.3 is 0 Å². The van der Waals surface area contributed by atoms with Gasteiger partial charge in [-0.15, -0.1) is 0 Å². The highest BCUT2D eigenvalue weighted by molar-refractivity contribution is 9.10. The summed E-state index contributed by atoms with van der Waals surface area (Å²) in [7, 11) is -3.99. The molecule has 1 heterocycles. The van der Waals surface area contributed by atoms with Crippen LogP contribution in [0.25, 0.3) is 0 Å². The number of nitrogens with zero attached hydrogens (tertiary/aromatic N) is 1. The Hall–Kier alpha value is -0.180. The fourth-order valence-electron chi connectivity index (χ4n) is 2.14. The van der Waals surface area contributed by atoms with Crippen molar-refractivity contribution in [2.75, 3.05) is 12.3 Å². The van der Waals surface area contributed by atoms with E-state index in [1.807, 2.05) is 6.92 Å². The van der Waals surface area contributed by atoms with Crippen LogP contribution in [-0.4, -0.2) is 36.3 Å². The molecule has 2 atom stereocenters. The van der Waals surface area contributed by atoms with Crippen LogP contribution in [-0.2, 0) is 10.0 Å². The van der Waals surface area contributed by atoms with Gasteiger partial charge in [0.1, 0.15) is 16.5 Å². The Labute approximate surface area is 129 Å². The zero-order valence-electron chi connectivity index (χ0n) is 10.9. The standard InChI is InChI=1S/C12H14BrF2NO2S2/c1-7-8(2)19-4-3-16(7)20(17,18)12-10(13)5-9(14)6-11(12)15/h5-8H,3-4H2,1-2H3. The molecule has 0 amide bonds. The summed E-state index contributed by atoms with van der Waals surface area (Å²) < 4.78 is 53.4. The van der Waals surface area contributed by atoms with Gasteiger partial charge < -0.3 is 0 Å². The van der Waals surface area contributed by atoms with Gasteiger partial charge in [0.15, 0.2) is 0 Å². The average Bonchev–Trinajstić information content (AvgIpc) is 2.30. The molecular weight excluding hydrogens is 372 g/mol. The van der Waals surface area contributed by atoms with Crippen LogP contribution in [0.15, 0.2) is 21.5 Å². The lowest BCUT2D eigenvalue weighted by Crippen LogP contribution is -2.48. The summed E-state index contributed by atoms with van der Waals surface area (Å²) in [5, 5.41) is 0.126. The first kappa shape index (κ1) is 16.2. The Bertz CT molecular complexity index is 601. The van der Waals surface area contributed by atoms with Crippen molar-refractivity contribution in [3.63, 3.8) is 0 Å². The van der Waals surface area contributed by atoms with Gasteiger partial charge in [-0.3, -0.25) is 0 Å². The minimum absolute atomic E-state index is 0.0897. The number of thioether (sulfide) groups is 1. The monoisotopic (exact) mass is 385 g/mol. The molecule has 0 spiro atoms. The van der Waals surface area contributed by atoms with Crippen LogP contribution in [0.2, 0.25) is 0 Å². The van der Waals surface area contributed by atoms with Crippen LogP contribution < -0.4 is 0 Å². The normalized spacial score (nSPS) is 24.9. The summed E-state index contributed by atoms with van der Waals surface area (Å²) in [6.45, 7) is 4.05. The van der Waals surface area contributed by atoms with Crippen molar-refractivity contribution in [2.45, 2.75) is 30.0 Å². The molecule has 0 aliphatic carbocycles. The third-order valence-electron chi connectivity index (χ3n) is 3.36. The second kappa shape index (κ2) is 5.90. The van der Waals surface area contributed by atoms with Crippen LogP contribution in [0, 0.1) is 11.6 Å². The third kappa shape index (κ3) is 2.88. The molecule has 1 aromatic carbocycles. The highest BCUT2D eigenvalue weighted by atomic mass is 79.9. The van der Waals surface area contributed by atoms with Crippen molar-refractivity contribution >= 4 is 37.7 Å². The van der Waals surface area contributed by atoms with Gasteiger partial charge in [-0.25, -0.2) is 17.2 Å². The Balaban J connectivity index is 2.50. The third-order valence-corrected chi connectivity index (χ3v) is 7.64. The van der Waals surface area contributed by atoms with Crippen molar-refractivity contribution < 1.29 is 17.2 Å². The number of halogens is 3. The van der Waals surface area contributed by atoms with Gasteiger partial charge in [-0.1, -0.05) is 6.92 Å². The van der Waals surface area contributed by atoms with Gasteiger partial charge in [0, 0.05) is 34.1 Å². The fourth-order valence-corrected chi connectivity index (χ4v) is 6.25. The molecular formula is C12H14BrF2NO2S2. The maximum absolute atomic E-state index is 13.9. The van der Waals surface area contributed by atoms with Crippen molar-refractivity contribution in [1.29, 1.82) is 0 Å². The van der Waals surface area contributed by atoms with Crippen LogP contribution in [0.3, 0.4) is 0 Å². The van der Waals surface area contributed by atoms with E-state index in [0.29, 0.717) is 18.4 Å². The molecule has 0 radical (unpaired) electrons. The molecule has 1 fully saturated rings. The van der Waals surface area contributed by atoms with Crippen LogP contribution in [0.1, 0.15) is 13.8 Å². The first-order valence-corrected chi connectivity index (χ1v) is 9.31. The van der Waals surface area contributed by atoms with Crippen molar-refractivity contribution in [3.05, 3.63) is 28.2 Å². The SMILES string of the molecule is CC1SCCN(S(=O)(=O)c2c(F)cc(F)cc2Br)C1C. The Morgan fingerprint density at radius 2 is 2.00 bits per heavy atom. The minimum Gasteiger partial charge on any atom is -0.207 e. The second-order valence-electron chi connectivity index (χ2n) is 4.63.